The lowest BCUT2D eigenvalue weighted by molar-refractivity contribution is 0.324. The summed E-state index contributed by atoms with van der Waals surface area (Å²) < 4.78 is 25.1. The summed E-state index contributed by atoms with van der Waals surface area (Å²) in [7, 11) is 6.45. The van der Waals surface area contributed by atoms with E-state index in [0.29, 0.717) is 17.2 Å². The Kier molecular flexibility index (Phi) is 13.1. The van der Waals surface area contributed by atoms with Crippen LogP contribution in [0.4, 0.5) is 5.69 Å². The van der Waals surface area contributed by atoms with Crippen LogP contribution in [0.15, 0.2) is 66.1 Å². The molecule has 0 aromatic heterocycles. The molecule has 0 amide bonds. The Hall–Kier alpha value is -3.25. The summed E-state index contributed by atoms with van der Waals surface area (Å²) in [6, 6.07) is 9.76. The molecule has 178 valence electrons. The molecule has 2 aromatic carbocycles. The highest BCUT2D eigenvalue weighted by Gasteiger charge is 2.12. The molecule has 0 saturated heterocycles. The van der Waals surface area contributed by atoms with Crippen molar-refractivity contribution in [2.75, 3.05) is 33.2 Å². The maximum atomic E-state index is 5.50. The fourth-order valence-electron chi connectivity index (χ4n) is 2.82. The molecule has 0 radical (unpaired) electrons. The van der Waals surface area contributed by atoms with E-state index >= 15 is 0 Å². The van der Waals surface area contributed by atoms with Crippen LogP contribution < -0.4 is 23.7 Å². The first-order chi connectivity index (χ1) is 16.1. The van der Waals surface area contributed by atoms with Crippen molar-refractivity contribution < 1.29 is 18.9 Å². The molecule has 6 heteroatoms. The van der Waals surface area contributed by atoms with Crippen LogP contribution in [0.3, 0.4) is 0 Å². The molecule has 0 bridgehead atoms. The van der Waals surface area contributed by atoms with Gasteiger partial charge in [-0.2, -0.15) is 0 Å². The van der Waals surface area contributed by atoms with Crippen molar-refractivity contribution in [3.8, 4) is 23.0 Å². The Morgan fingerprint density at radius 1 is 0.848 bits per heavy atom. The molecular weight excluding hydrogens is 434 g/mol. The molecule has 0 unspecified atom stereocenters. The molecule has 0 fully saturated rings. The summed E-state index contributed by atoms with van der Waals surface area (Å²) in [5, 5.41) is 0. The summed E-state index contributed by atoms with van der Waals surface area (Å²) in [6.45, 7) is 9.74. The van der Waals surface area contributed by atoms with Crippen molar-refractivity contribution in [3.63, 3.8) is 0 Å². The van der Waals surface area contributed by atoms with E-state index in [1.807, 2.05) is 81.5 Å². The first-order valence-electron chi connectivity index (χ1n) is 10.6. The molecule has 0 aliphatic carbocycles. The largest absolute Gasteiger partial charge is 0.495 e. The van der Waals surface area contributed by atoms with Gasteiger partial charge < -0.3 is 23.7 Å². The van der Waals surface area contributed by atoms with Crippen molar-refractivity contribution in [2.24, 2.45) is 0 Å². The smallest absolute Gasteiger partial charge is 0.203 e. The third-order valence-corrected chi connectivity index (χ3v) is 5.10. The van der Waals surface area contributed by atoms with Gasteiger partial charge in [-0.3, -0.25) is 0 Å². The molecule has 0 heterocycles. The van der Waals surface area contributed by atoms with Crippen LogP contribution in [0.5, 0.6) is 23.0 Å². The van der Waals surface area contributed by atoms with Gasteiger partial charge in [0.2, 0.25) is 5.75 Å². The van der Waals surface area contributed by atoms with Crippen LogP contribution in [0.2, 0.25) is 0 Å². The number of allylic oxidation sites excluding steroid dienone is 4. The van der Waals surface area contributed by atoms with Crippen molar-refractivity contribution in [1.82, 2.24) is 0 Å². The number of ether oxygens (including phenoxy) is 4. The minimum Gasteiger partial charge on any atom is -0.495 e. The summed E-state index contributed by atoms with van der Waals surface area (Å²) in [4.78, 5) is 1.04. The number of hydrogen-bond acceptors (Lipinski definition) is 6. The second-order valence-corrected chi connectivity index (χ2v) is 7.14. The molecule has 2 rings (SSSR count). The predicted molar refractivity (Wildman–Crippen MR) is 144 cm³/mol. The molecule has 0 spiro atoms. The Morgan fingerprint density at radius 3 is 1.97 bits per heavy atom. The van der Waals surface area contributed by atoms with Crippen LogP contribution >= 0.6 is 11.9 Å². The lowest BCUT2D eigenvalue weighted by Crippen LogP contribution is -1.95. The Morgan fingerprint density at radius 2 is 1.45 bits per heavy atom. The average Bonchev–Trinajstić information content (AvgIpc) is 2.86. The van der Waals surface area contributed by atoms with E-state index in [2.05, 4.69) is 11.3 Å². The topological polar surface area (TPSA) is 49.0 Å². The standard InChI is InChI=1S/C25H29NO4S.C2H6/c1-7-9-20(10-8-2)31-26-21-15-18(13-14-22(21)27-3)11-12-19-16-23(28-4)25(30-6)24(17-19)29-5;1-2/h7-17,26H,1H2,2-6H3;1-2H3/b10-8-,12-11-,20-9+;. The van der Waals surface area contributed by atoms with Crippen LogP contribution in [-0.4, -0.2) is 28.4 Å². The van der Waals surface area contributed by atoms with E-state index < -0.39 is 0 Å². The summed E-state index contributed by atoms with van der Waals surface area (Å²) in [5.74, 6) is 2.55. The fourth-order valence-corrected chi connectivity index (χ4v) is 3.57. The van der Waals surface area contributed by atoms with E-state index in [0.717, 1.165) is 27.5 Å². The van der Waals surface area contributed by atoms with Gasteiger partial charge in [0.15, 0.2) is 11.5 Å². The van der Waals surface area contributed by atoms with Gasteiger partial charge in [0.1, 0.15) is 5.75 Å². The van der Waals surface area contributed by atoms with E-state index in [9.17, 15) is 0 Å². The zero-order valence-electron chi connectivity index (χ0n) is 20.6. The van der Waals surface area contributed by atoms with Gasteiger partial charge in [-0.1, -0.05) is 56.9 Å². The van der Waals surface area contributed by atoms with E-state index in [1.165, 1.54) is 11.9 Å². The SMILES string of the molecule is C=C/C=C(\C=C/C)SNc1cc(/C=C\c2cc(OC)c(OC)c(OC)c2)ccc1OC.CC. The normalized spacial score (nSPS) is 11.1. The number of methoxy groups -OCH3 is 4. The van der Waals surface area contributed by atoms with Gasteiger partial charge in [-0.25, -0.2) is 0 Å². The van der Waals surface area contributed by atoms with Gasteiger partial charge in [-0.15, -0.1) is 0 Å². The molecule has 0 aliphatic heterocycles. The highest BCUT2D eigenvalue weighted by atomic mass is 32.2. The van der Waals surface area contributed by atoms with Crippen LogP contribution in [0.1, 0.15) is 31.9 Å². The van der Waals surface area contributed by atoms with Crippen molar-refractivity contribution in [1.29, 1.82) is 0 Å². The zero-order valence-corrected chi connectivity index (χ0v) is 21.4. The molecule has 5 nitrogen and oxygen atoms in total. The first kappa shape index (κ1) is 27.8. The van der Waals surface area contributed by atoms with Gasteiger partial charge in [0.25, 0.3) is 0 Å². The maximum absolute atomic E-state index is 5.50. The van der Waals surface area contributed by atoms with Crippen molar-refractivity contribution >= 4 is 29.8 Å². The second-order valence-electron chi connectivity index (χ2n) is 6.26. The van der Waals surface area contributed by atoms with Gasteiger partial charge in [-0.05, 0) is 60.3 Å². The molecular formula is C27H35NO4S. The van der Waals surface area contributed by atoms with Gasteiger partial charge >= 0.3 is 0 Å². The molecule has 0 atom stereocenters. The first-order valence-corrected chi connectivity index (χ1v) is 11.5. The Balaban J connectivity index is 0.00000265. The highest BCUT2D eigenvalue weighted by Crippen LogP contribution is 2.39. The Labute approximate surface area is 202 Å². The number of nitrogens with one attached hydrogen (secondary N) is 1. The molecule has 33 heavy (non-hydrogen) atoms. The lowest BCUT2D eigenvalue weighted by atomic mass is 10.1. The number of rotatable bonds is 11. The molecule has 0 saturated carbocycles. The minimum atomic E-state index is 0.569. The predicted octanol–water partition coefficient (Wildman–Crippen LogP) is 7.62. The molecule has 1 N–H and O–H groups in total. The highest BCUT2D eigenvalue weighted by molar-refractivity contribution is 8.04. The van der Waals surface area contributed by atoms with Gasteiger partial charge in [0.05, 0.1) is 34.1 Å². The second kappa shape index (κ2) is 15.5. The Bertz CT molecular complexity index is 955. The molecule has 2 aromatic rings. The quantitative estimate of drug-likeness (QED) is 0.207. The third kappa shape index (κ3) is 8.31. The lowest BCUT2D eigenvalue weighted by Gasteiger charge is -2.13. The monoisotopic (exact) mass is 469 g/mol. The summed E-state index contributed by atoms with van der Waals surface area (Å²) >= 11 is 1.49. The zero-order chi connectivity index (χ0) is 24.6. The number of hydrogen-bond donors (Lipinski definition) is 1. The summed E-state index contributed by atoms with van der Waals surface area (Å²) in [5.41, 5.74) is 2.82. The fraction of sp³-hybridized carbons (Fsp3) is 0.259. The number of anilines is 1. The van der Waals surface area contributed by atoms with Crippen LogP contribution in [0, 0.1) is 0 Å². The van der Waals surface area contributed by atoms with E-state index in [-0.39, 0.29) is 0 Å². The van der Waals surface area contributed by atoms with E-state index in [4.69, 9.17) is 18.9 Å². The van der Waals surface area contributed by atoms with Crippen LogP contribution in [-0.2, 0) is 0 Å². The van der Waals surface area contributed by atoms with E-state index in [1.54, 1.807) is 34.5 Å². The third-order valence-electron chi connectivity index (χ3n) is 4.27. The molecule has 0 aliphatic rings. The van der Waals surface area contributed by atoms with Crippen molar-refractivity contribution in [3.05, 3.63) is 77.2 Å². The average molecular weight is 470 g/mol. The maximum Gasteiger partial charge on any atom is 0.203 e. The number of benzene rings is 2. The van der Waals surface area contributed by atoms with Gasteiger partial charge in [0, 0.05) is 4.91 Å². The minimum absolute atomic E-state index is 0.569. The van der Waals surface area contributed by atoms with Crippen LogP contribution in [0.25, 0.3) is 12.2 Å². The van der Waals surface area contributed by atoms with Crippen molar-refractivity contribution in [2.45, 2.75) is 20.8 Å². The summed E-state index contributed by atoms with van der Waals surface area (Å²) in [6.07, 6.45) is 11.7.